The molecule has 1 fully saturated rings. The first kappa shape index (κ1) is 16.1. The maximum Gasteiger partial charge on any atom is 0.255 e. The molecule has 0 aliphatic heterocycles. The van der Waals surface area contributed by atoms with Crippen LogP contribution < -0.4 is 15.5 Å². The zero-order valence-corrected chi connectivity index (χ0v) is 13.9. The fraction of sp³-hybridized carbons (Fsp3) is 0.263. The molecule has 2 aromatic rings. The number of carbonyl (C=O) groups is 2. The van der Waals surface area contributed by atoms with Crippen LogP contribution in [0.1, 0.15) is 33.6 Å². The fourth-order valence-corrected chi connectivity index (χ4v) is 2.33. The van der Waals surface area contributed by atoms with Gasteiger partial charge in [-0.25, -0.2) is 0 Å². The first-order valence-electron chi connectivity index (χ1n) is 8.02. The summed E-state index contributed by atoms with van der Waals surface area (Å²) in [5.74, 6) is -0.233. The third-order valence-corrected chi connectivity index (χ3v) is 3.94. The molecule has 0 saturated heterocycles. The summed E-state index contributed by atoms with van der Waals surface area (Å²) in [6.45, 7) is 0. The quantitative estimate of drug-likeness (QED) is 0.889. The summed E-state index contributed by atoms with van der Waals surface area (Å²) in [7, 11) is 3.87. The van der Waals surface area contributed by atoms with Gasteiger partial charge < -0.3 is 15.5 Å². The van der Waals surface area contributed by atoms with E-state index in [9.17, 15) is 9.59 Å². The summed E-state index contributed by atoms with van der Waals surface area (Å²) >= 11 is 0. The molecular formula is C19H21N3O2. The summed E-state index contributed by atoms with van der Waals surface area (Å²) in [6, 6.07) is 14.7. The average Bonchev–Trinajstić information content (AvgIpc) is 3.39. The van der Waals surface area contributed by atoms with Gasteiger partial charge >= 0.3 is 0 Å². The number of rotatable bonds is 5. The highest BCUT2D eigenvalue weighted by atomic mass is 16.2. The van der Waals surface area contributed by atoms with Crippen LogP contribution >= 0.6 is 0 Å². The van der Waals surface area contributed by atoms with E-state index >= 15 is 0 Å². The SMILES string of the molecule is CN(C)c1cccc(C(=O)Nc2ccc(C(=O)NC3CC3)cc2)c1. The predicted octanol–water partition coefficient (Wildman–Crippen LogP) is 2.90. The van der Waals surface area contributed by atoms with Crippen LogP contribution in [0, 0.1) is 0 Å². The number of anilines is 2. The molecule has 5 heteroatoms. The lowest BCUT2D eigenvalue weighted by atomic mass is 10.1. The van der Waals surface area contributed by atoms with Gasteiger partial charge in [0.05, 0.1) is 0 Å². The molecule has 0 heterocycles. The highest BCUT2D eigenvalue weighted by Gasteiger charge is 2.23. The topological polar surface area (TPSA) is 61.4 Å². The Bertz CT molecular complexity index is 749. The summed E-state index contributed by atoms with van der Waals surface area (Å²) < 4.78 is 0. The molecule has 3 rings (SSSR count). The second kappa shape index (κ2) is 6.74. The van der Waals surface area contributed by atoms with Gasteiger partial charge in [-0.2, -0.15) is 0 Å². The molecule has 1 saturated carbocycles. The normalized spacial score (nSPS) is 13.2. The molecule has 0 aromatic heterocycles. The van der Waals surface area contributed by atoms with Crippen molar-refractivity contribution in [3.8, 4) is 0 Å². The van der Waals surface area contributed by atoms with E-state index in [0.29, 0.717) is 22.9 Å². The third-order valence-electron chi connectivity index (χ3n) is 3.94. The Morgan fingerprint density at radius 3 is 2.29 bits per heavy atom. The Hall–Kier alpha value is -2.82. The Morgan fingerprint density at radius 1 is 0.958 bits per heavy atom. The van der Waals surface area contributed by atoms with E-state index in [4.69, 9.17) is 0 Å². The molecule has 2 N–H and O–H groups in total. The maximum atomic E-state index is 12.4. The van der Waals surface area contributed by atoms with Gasteiger partial charge in [-0.1, -0.05) is 6.07 Å². The fourth-order valence-electron chi connectivity index (χ4n) is 2.33. The molecule has 24 heavy (non-hydrogen) atoms. The molecule has 124 valence electrons. The third kappa shape index (κ3) is 3.93. The first-order chi connectivity index (χ1) is 11.5. The van der Waals surface area contributed by atoms with Crippen LogP contribution in [0.3, 0.4) is 0 Å². The number of amides is 2. The second-order valence-corrected chi connectivity index (χ2v) is 6.22. The zero-order valence-electron chi connectivity index (χ0n) is 13.9. The van der Waals surface area contributed by atoms with Crippen LogP contribution in [-0.4, -0.2) is 32.0 Å². The van der Waals surface area contributed by atoms with E-state index in [1.54, 1.807) is 30.3 Å². The monoisotopic (exact) mass is 323 g/mol. The van der Waals surface area contributed by atoms with Crippen LogP contribution in [0.15, 0.2) is 48.5 Å². The van der Waals surface area contributed by atoms with Crippen molar-refractivity contribution in [1.82, 2.24) is 5.32 Å². The minimum atomic E-state index is -0.172. The Morgan fingerprint density at radius 2 is 1.67 bits per heavy atom. The van der Waals surface area contributed by atoms with E-state index in [0.717, 1.165) is 18.5 Å². The van der Waals surface area contributed by atoms with Crippen LogP contribution in [0.25, 0.3) is 0 Å². The molecule has 2 amide bonds. The molecule has 0 radical (unpaired) electrons. The van der Waals surface area contributed by atoms with Crippen molar-refractivity contribution < 1.29 is 9.59 Å². The number of benzene rings is 2. The summed E-state index contributed by atoms with van der Waals surface area (Å²) in [4.78, 5) is 26.2. The highest BCUT2D eigenvalue weighted by Crippen LogP contribution is 2.20. The van der Waals surface area contributed by atoms with Crippen molar-refractivity contribution in [3.05, 3.63) is 59.7 Å². The van der Waals surface area contributed by atoms with Gasteiger partial charge in [0.25, 0.3) is 11.8 Å². The molecule has 0 atom stereocenters. The van der Waals surface area contributed by atoms with Crippen LogP contribution in [0.4, 0.5) is 11.4 Å². The van der Waals surface area contributed by atoms with Gasteiger partial charge in [0, 0.05) is 42.6 Å². The highest BCUT2D eigenvalue weighted by molar-refractivity contribution is 6.05. The van der Waals surface area contributed by atoms with Crippen molar-refractivity contribution in [2.24, 2.45) is 0 Å². The average molecular weight is 323 g/mol. The Labute approximate surface area is 141 Å². The Kier molecular flexibility index (Phi) is 4.51. The lowest BCUT2D eigenvalue weighted by Gasteiger charge is -2.13. The number of nitrogens with one attached hydrogen (secondary N) is 2. The zero-order chi connectivity index (χ0) is 17.1. The lowest BCUT2D eigenvalue weighted by Crippen LogP contribution is -2.25. The smallest absolute Gasteiger partial charge is 0.255 e. The van der Waals surface area contributed by atoms with E-state index in [1.807, 2.05) is 37.2 Å². The van der Waals surface area contributed by atoms with Crippen LogP contribution in [0.2, 0.25) is 0 Å². The second-order valence-electron chi connectivity index (χ2n) is 6.22. The number of nitrogens with zero attached hydrogens (tertiary/aromatic N) is 1. The van der Waals surface area contributed by atoms with E-state index in [1.165, 1.54) is 0 Å². The number of hydrogen-bond acceptors (Lipinski definition) is 3. The molecule has 0 bridgehead atoms. The molecule has 1 aliphatic carbocycles. The van der Waals surface area contributed by atoms with Crippen LogP contribution in [-0.2, 0) is 0 Å². The van der Waals surface area contributed by atoms with E-state index < -0.39 is 0 Å². The molecule has 1 aliphatic rings. The molecular weight excluding hydrogens is 302 g/mol. The van der Waals surface area contributed by atoms with Gasteiger partial charge in [-0.15, -0.1) is 0 Å². The lowest BCUT2D eigenvalue weighted by molar-refractivity contribution is 0.0950. The van der Waals surface area contributed by atoms with Crippen molar-refractivity contribution in [2.75, 3.05) is 24.3 Å². The number of carbonyl (C=O) groups excluding carboxylic acids is 2. The van der Waals surface area contributed by atoms with Gasteiger partial charge in [0.2, 0.25) is 0 Å². The molecule has 2 aromatic carbocycles. The maximum absolute atomic E-state index is 12.4. The minimum Gasteiger partial charge on any atom is -0.378 e. The summed E-state index contributed by atoms with van der Waals surface area (Å²) in [6.07, 6.45) is 2.12. The van der Waals surface area contributed by atoms with Crippen molar-refractivity contribution in [2.45, 2.75) is 18.9 Å². The first-order valence-corrected chi connectivity index (χ1v) is 8.02. The van der Waals surface area contributed by atoms with Gasteiger partial charge in [-0.3, -0.25) is 9.59 Å². The molecule has 0 unspecified atom stereocenters. The largest absolute Gasteiger partial charge is 0.378 e. The van der Waals surface area contributed by atoms with Crippen molar-refractivity contribution >= 4 is 23.2 Å². The number of hydrogen-bond donors (Lipinski definition) is 2. The summed E-state index contributed by atoms with van der Waals surface area (Å²) in [5.41, 5.74) is 2.83. The summed E-state index contributed by atoms with van der Waals surface area (Å²) in [5, 5.41) is 5.80. The minimum absolute atomic E-state index is 0.0611. The molecule has 0 spiro atoms. The van der Waals surface area contributed by atoms with Gasteiger partial charge in [0.15, 0.2) is 0 Å². The van der Waals surface area contributed by atoms with Crippen molar-refractivity contribution in [1.29, 1.82) is 0 Å². The standard InChI is InChI=1S/C19H21N3O2/c1-22(2)17-5-3-4-14(12-17)19(24)21-15-8-6-13(7-9-15)18(23)20-16-10-11-16/h3-9,12,16H,10-11H2,1-2H3,(H,20,23)(H,21,24). The van der Waals surface area contributed by atoms with Gasteiger partial charge in [-0.05, 0) is 55.3 Å². The van der Waals surface area contributed by atoms with Crippen molar-refractivity contribution in [3.63, 3.8) is 0 Å². The van der Waals surface area contributed by atoms with E-state index in [-0.39, 0.29) is 11.8 Å². The van der Waals surface area contributed by atoms with Gasteiger partial charge in [0.1, 0.15) is 0 Å². The molecule has 5 nitrogen and oxygen atoms in total. The predicted molar refractivity (Wildman–Crippen MR) is 95.7 cm³/mol. The van der Waals surface area contributed by atoms with Crippen LogP contribution in [0.5, 0.6) is 0 Å². The van der Waals surface area contributed by atoms with E-state index in [2.05, 4.69) is 10.6 Å². The Balaban J connectivity index is 1.65.